The number of halogens is 3. The van der Waals surface area contributed by atoms with E-state index in [9.17, 15) is 14.3 Å². The summed E-state index contributed by atoms with van der Waals surface area (Å²) in [6.07, 6.45) is 6.14. The van der Waals surface area contributed by atoms with Crippen molar-refractivity contribution in [2.45, 2.75) is 64.1 Å². The highest BCUT2D eigenvalue weighted by atomic mass is 35.5. The maximum Gasteiger partial charge on any atom is 0.277 e. The molecule has 0 saturated heterocycles. The Morgan fingerprint density at radius 2 is 1.98 bits per heavy atom. The van der Waals surface area contributed by atoms with Gasteiger partial charge in [0, 0.05) is 30.4 Å². The Morgan fingerprint density at radius 3 is 2.77 bits per heavy atom. The van der Waals surface area contributed by atoms with Crippen LogP contribution in [0.15, 0.2) is 46.2 Å². The molecule has 6 rings (SSSR count). The van der Waals surface area contributed by atoms with Crippen LogP contribution in [-0.2, 0) is 18.4 Å². The highest BCUT2D eigenvalue weighted by Gasteiger charge is 2.34. The molecule has 0 bridgehead atoms. The van der Waals surface area contributed by atoms with E-state index in [0.29, 0.717) is 37.1 Å². The van der Waals surface area contributed by atoms with Crippen LogP contribution in [-0.4, -0.2) is 36.9 Å². The molecular weight excluding hydrogens is 540 g/mol. The lowest BCUT2D eigenvalue weighted by Gasteiger charge is -2.30. The second-order valence-electron chi connectivity index (χ2n) is 11.0. The van der Waals surface area contributed by atoms with Gasteiger partial charge in [0.1, 0.15) is 34.0 Å². The van der Waals surface area contributed by atoms with Crippen molar-refractivity contribution in [2.24, 2.45) is 10.9 Å². The number of hydrogen-bond acceptors (Lipinski definition) is 7. The lowest BCUT2D eigenvalue weighted by Crippen LogP contribution is -2.33. The molecule has 5 heterocycles. The SMILES string of the molecule is CC(C)(O)c1nccc(C2=NC[C@@H]3CCCCc4cc(OC5CCc6cc(F)cnc65)c(Cl)c(=O)n4C3=C2F)n1. The summed E-state index contributed by atoms with van der Waals surface area (Å²) in [6.45, 7) is 3.37. The van der Waals surface area contributed by atoms with E-state index in [1.165, 1.54) is 22.9 Å². The van der Waals surface area contributed by atoms with Gasteiger partial charge in [0.25, 0.3) is 5.56 Å². The first-order valence-electron chi connectivity index (χ1n) is 13.4. The van der Waals surface area contributed by atoms with Crippen LogP contribution in [0.4, 0.5) is 8.78 Å². The van der Waals surface area contributed by atoms with Gasteiger partial charge >= 0.3 is 0 Å². The Balaban J connectivity index is 1.43. The molecule has 1 aliphatic carbocycles. The van der Waals surface area contributed by atoms with Gasteiger partial charge in [-0.2, -0.15) is 0 Å². The number of fused-ring (bicyclic) bond motifs is 4. The molecule has 11 heteroatoms. The molecule has 3 aliphatic rings. The fourth-order valence-electron chi connectivity index (χ4n) is 5.66. The first-order valence-corrected chi connectivity index (χ1v) is 13.8. The van der Waals surface area contributed by atoms with Gasteiger partial charge in [-0.05, 0) is 63.6 Å². The van der Waals surface area contributed by atoms with E-state index in [2.05, 4.69) is 19.9 Å². The molecule has 40 heavy (non-hydrogen) atoms. The monoisotopic (exact) mass is 567 g/mol. The zero-order chi connectivity index (χ0) is 28.2. The van der Waals surface area contributed by atoms with Gasteiger partial charge in [-0.3, -0.25) is 19.3 Å². The number of nitrogens with zero attached hydrogens (tertiary/aromatic N) is 5. The van der Waals surface area contributed by atoms with Crippen molar-refractivity contribution in [1.82, 2.24) is 19.5 Å². The Bertz CT molecular complexity index is 1630. The standard InChI is InChI=1S/C29H28ClF2N5O3/c1-29(2,39)28-33-10-9-19(36-28)25-23(32)26-16(13-34-25)5-3-4-6-18-12-21(22(30)27(38)37(18)26)40-20-8-7-15-11-17(31)14-35-24(15)20/h9-12,14,16,20,39H,3-8,13H2,1-2H3/t16-,20?/m0/s1. The smallest absolute Gasteiger partial charge is 0.277 e. The molecule has 208 valence electrons. The summed E-state index contributed by atoms with van der Waals surface area (Å²) < 4.78 is 37.6. The average molecular weight is 568 g/mol. The van der Waals surface area contributed by atoms with Crippen LogP contribution in [0.5, 0.6) is 5.75 Å². The minimum Gasteiger partial charge on any atom is -0.482 e. The molecular formula is C29H28ClF2N5O3. The third kappa shape index (κ3) is 4.73. The molecule has 3 aromatic rings. The fourth-order valence-corrected chi connectivity index (χ4v) is 5.85. The van der Waals surface area contributed by atoms with Crippen LogP contribution in [0.2, 0.25) is 5.02 Å². The van der Waals surface area contributed by atoms with Crippen molar-refractivity contribution in [3.8, 4) is 5.75 Å². The summed E-state index contributed by atoms with van der Waals surface area (Å²) in [7, 11) is 0. The normalized spacial score (nSPS) is 20.7. The highest BCUT2D eigenvalue weighted by molar-refractivity contribution is 6.32. The molecule has 0 spiro atoms. The molecule has 1 unspecified atom stereocenters. The maximum atomic E-state index is 16.4. The van der Waals surface area contributed by atoms with Gasteiger partial charge in [-0.1, -0.05) is 18.0 Å². The second-order valence-corrected chi connectivity index (χ2v) is 11.3. The predicted molar refractivity (Wildman–Crippen MR) is 146 cm³/mol. The highest BCUT2D eigenvalue weighted by Crippen LogP contribution is 2.39. The molecule has 0 fully saturated rings. The Labute approximate surface area is 234 Å². The zero-order valence-corrected chi connectivity index (χ0v) is 22.9. The summed E-state index contributed by atoms with van der Waals surface area (Å²) >= 11 is 6.60. The number of aromatic nitrogens is 4. The largest absolute Gasteiger partial charge is 0.482 e. The Morgan fingerprint density at radius 1 is 1.15 bits per heavy atom. The van der Waals surface area contributed by atoms with E-state index in [-0.39, 0.29) is 46.2 Å². The lowest BCUT2D eigenvalue weighted by atomic mass is 9.90. The van der Waals surface area contributed by atoms with Crippen molar-refractivity contribution in [1.29, 1.82) is 0 Å². The number of pyridine rings is 2. The first-order chi connectivity index (χ1) is 19.1. The number of aliphatic imine (C=N–C) groups is 1. The Kier molecular flexibility index (Phi) is 6.78. The van der Waals surface area contributed by atoms with Crippen LogP contribution >= 0.6 is 11.6 Å². The van der Waals surface area contributed by atoms with Crippen molar-refractivity contribution in [3.63, 3.8) is 0 Å². The van der Waals surface area contributed by atoms with Gasteiger partial charge in [-0.15, -0.1) is 0 Å². The van der Waals surface area contributed by atoms with Crippen molar-refractivity contribution < 1.29 is 18.6 Å². The number of allylic oxidation sites excluding steroid dienone is 1. The number of dihydropyridines is 1. The summed E-state index contributed by atoms with van der Waals surface area (Å²) in [5, 5.41) is 10.2. The van der Waals surface area contributed by atoms with Crippen LogP contribution in [0.1, 0.15) is 74.1 Å². The minimum absolute atomic E-state index is 0.00916. The van der Waals surface area contributed by atoms with Crippen LogP contribution in [0.3, 0.4) is 0 Å². The van der Waals surface area contributed by atoms with Crippen LogP contribution in [0.25, 0.3) is 5.70 Å². The lowest BCUT2D eigenvalue weighted by molar-refractivity contribution is 0.0686. The molecule has 8 nitrogen and oxygen atoms in total. The van der Waals surface area contributed by atoms with E-state index < -0.39 is 28.9 Å². The number of aliphatic hydroxyl groups is 1. The van der Waals surface area contributed by atoms with Gasteiger partial charge in [0.2, 0.25) is 0 Å². The second kappa shape index (κ2) is 10.2. The molecule has 3 aromatic heterocycles. The summed E-state index contributed by atoms with van der Waals surface area (Å²) in [5.74, 6) is -1.04. The molecule has 0 saturated carbocycles. The number of ether oxygens (including phenoxy) is 1. The molecule has 2 atom stereocenters. The zero-order valence-electron chi connectivity index (χ0n) is 22.1. The first kappa shape index (κ1) is 26.7. The quantitative estimate of drug-likeness (QED) is 0.470. The third-order valence-corrected chi connectivity index (χ3v) is 7.97. The summed E-state index contributed by atoms with van der Waals surface area (Å²) in [4.78, 5) is 31.0. The molecule has 0 radical (unpaired) electrons. The fraction of sp³-hybridized carbons (Fsp3) is 0.414. The van der Waals surface area contributed by atoms with Gasteiger partial charge in [0.05, 0.1) is 23.3 Å². The number of hydrogen-bond donors (Lipinski definition) is 1. The number of aryl methyl sites for hydroxylation is 2. The van der Waals surface area contributed by atoms with E-state index in [1.54, 1.807) is 19.9 Å². The topological polar surface area (TPSA) is 102 Å². The predicted octanol–water partition coefficient (Wildman–Crippen LogP) is 5.10. The molecule has 0 amide bonds. The van der Waals surface area contributed by atoms with Gasteiger partial charge in [-0.25, -0.2) is 18.7 Å². The molecule has 1 N–H and O–H groups in total. The average Bonchev–Trinajstić information content (AvgIpc) is 3.30. The third-order valence-electron chi connectivity index (χ3n) is 7.62. The van der Waals surface area contributed by atoms with Crippen LogP contribution in [0, 0.1) is 11.7 Å². The van der Waals surface area contributed by atoms with Crippen molar-refractivity contribution in [3.05, 3.63) is 86.1 Å². The molecule has 0 aromatic carbocycles. The van der Waals surface area contributed by atoms with Crippen molar-refractivity contribution in [2.75, 3.05) is 6.54 Å². The van der Waals surface area contributed by atoms with E-state index in [0.717, 1.165) is 24.6 Å². The van der Waals surface area contributed by atoms with Crippen molar-refractivity contribution >= 4 is 23.0 Å². The molecule has 2 aliphatic heterocycles. The number of rotatable bonds is 4. The summed E-state index contributed by atoms with van der Waals surface area (Å²) in [6, 6.07) is 4.68. The maximum absolute atomic E-state index is 16.4. The van der Waals surface area contributed by atoms with E-state index in [1.807, 2.05) is 0 Å². The van der Waals surface area contributed by atoms with Gasteiger partial charge in [0.15, 0.2) is 11.7 Å². The van der Waals surface area contributed by atoms with E-state index in [4.69, 9.17) is 16.3 Å². The van der Waals surface area contributed by atoms with Gasteiger partial charge < -0.3 is 9.84 Å². The summed E-state index contributed by atoms with van der Waals surface area (Å²) in [5.41, 5.74) is 0.534. The Hall–Kier alpha value is -3.50. The van der Waals surface area contributed by atoms with E-state index >= 15 is 4.39 Å². The van der Waals surface area contributed by atoms with Crippen LogP contribution < -0.4 is 10.3 Å². The minimum atomic E-state index is -1.32.